The molecule has 0 amide bonds. The standard InChI is InChI=1S/C29H36N2O3/c1-31(25-16-10-11-17-26(25)34-3)29-23(18-19-32)24(20-33-2)30-28(29)27(21-12-6-4-7-13-21)22-14-8-5-9-15-22/h4-17,23-24,27-30,32H,18-20H2,1-3H3. The van der Waals surface area contributed by atoms with Crippen LogP contribution in [0.25, 0.3) is 0 Å². The minimum Gasteiger partial charge on any atom is -0.495 e. The molecular weight excluding hydrogens is 424 g/mol. The monoisotopic (exact) mass is 460 g/mol. The van der Waals surface area contributed by atoms with Crippen LogP contribution in [0.3, 0.4) is 0 Å². The molecule has 180 valence electrons. The smallest absolute Gasteiger partial charge is 0.142 e. The van der Waals surface area contributed by atoms with Gasteiger partial charge in [0.05, 0.1) is 19.4 Å². The molecular formula is C29H36N2O3. The number of anilines is 1. The molecule has 1 saturated heterocycles. The molecule has 0 spiro atoms. The van der Waals surface area contributed by atoms with E-state index in [1.807, 2.05) is 18.2 Å². The number of hydrogen-bond donors (Lipinski definition) is 2. The fourth-order valence-electron chi connectivity index (χ4n) is 5.68. The minimum atomic E-state index is 0.0939. The largest absolute Gasteiger partial charge is 0.495 e. The molecule has 0 radical (unpaired) electrons. The lowest BCUT2D eigenvalue weighted by Gasteiger charge is -2.39. The third kappa shape index (κ3) is 4.97. The first-order valence-electron chi connectivity index (χ1n) is 12.0. The topological polar surface area (TPSA) is 54.0 Å². The van der Waals surface area contributed by atoms with Gasteiger partial charge in [0.1, 0.15) is 5.75 Å². The Morgan fingerprint density at radius 3 is 2.03 bits per heavy atom. The fraction of sp³-hybridized carbons (Fsp3) is 0.379. The number of para-hydroxylation sites is 2. The number of ether oxygens (including phenoxy) is 2. The highest BCUT2D eigenvalue weighted by molar-refractivity contribution is 5.59. The van der Waals surface area contributed by atoms with E-state index in [4.69, 9.17) is 9.47 Å². The van der Waals surface area contributed by atoms with Crippen molar-refractivity contribution < 1.29 is 14.6 Å². The SMILES string of the molecule is COCC1NC(C(c2ccccc2)c2ccccc2)C(N(C)c2ccccc2OC)C1CCO. The molecule has 4 rings (SSSR count). The van der Waals surface area contributed by atoms with Gasteiger partial charge in [-0.1, -0.05) is 72.8 Å². The summed E-state index contributed by atoms with van der Waals surface area (Å²) >= 11 is 0. The van der Waals surface area contributed by atoms with E-state index in [1.165, 1.54) is 11.1 Å². The second kappa shape index (κ2) is 11.5. The van der Waals surface area contributed by atoms with Crippen molar-refractivity contribution in [2.75, 3.05) is 39.4 Å². The Labute approximate surface area is 203 Å². The molecule has 4 atom stereocenters. The second-order valence-corrected chi connectivity index (χ2v) is 9.00. The van der Waals surface area contributed by atoms with Gasteiger partial charge in [-0.05, 0) is 29.7 Å². The number of hydrogen-bond acceptors (Lipinski definition) is 5. The molecule has 4 unspecified atom stereocenters. The number of methoxy groups -OCH3 is 2. The number of rotatable bonds is 10. The molecule has 0 aliphatic carbocycles. The van der Waals surface area contributed by atoms with Crippen molar-refractivity contribution in [2.45, 2.75) is 30.5 Å². The van der Waals surface area contributed by atoms with E-state index in [0.717, 1.165) is 11.4 Å². The lowest BCUT2D eigenvalue weighted by atomic mass is 9.79. The van der Waals surface area contributed by atoms with Crippen molar-refractivity contribution in [3.8, 4) is 5.75 Å². The molecule has 3 aromatic carbocycles. The second-order valence-electron chi connectivity index (χ2n) is 9.00. The van der Waals surface area contributed by atoms with Crippen molar-refractivity contribution in [1.29, 1.82) is 0 Å². The zero-order valence-corrected chi connectivity index (χ0v) is 20.3. The van der Waals surface area contributed by atoms with Crippen LogP contribution < -0.4 is 15.0 Å². The van der Waals surface area contributed by atoms with Gasteiger partial charge in [-0.25, -0.2) is 0 Å². The van der Waals surface area contributed by atoms with Crippen molar-refractivity contribution in [3.05, 3.63) is 96.1 Å². The maximum atomic E-state index is 10.0. The summed E-state index contributed by atoms with van der Waals surface area (Å²) in [6, 6.07) is 29.9. The van der Waals surface area contributed by atoms with Crippen LogP contribution in [0.2, 0.25) is 0 Å². The Balaban J connectivity index is 1.84. The number of benzene rings is 3. The van der Waals surface area contributed by atoms with Crippen LogP contribution in [0.1, 0.15) is 23.5 Å². The number of aliphatic hydroxyl groups is 1. The van der Waals surface area contributed by atoms with Crippen LogP contribution in [0.15, 0.2) is 84.9 Å². The van der Waals surface area contributed by atoms with Crippen LogP contribution in [-0.2, 0) is 4.74 Å². The average molecular weight is 461 g/mol. The molecule has 1 heterocycles. The quantitative estimate of drug-likeness (QED) is 0.472. The van der Waals surface area contributed by atoms with E-state index in [-0.39, 0.29) is 36.6 Å². The van der Waals surface area contributed by atoms with Gasteiger partial charge in [-0.2, -0.15) is 0 Å². The van der Waals surface area contributed by atoms with Gasteiger partial charge in [-0.3, -0.25) is 0 Å². The zero-order chi connectivity index (χ0) is 23.9. The molecule has 1 fully saturated rings. The van der Waals surface area contributed by atoms with Crippen LogP contribution in [0.5, 0.6) is 5.75 Å². The summed E-state index contributed by atoms with van der Waals surface area (Å²) in [4.78, 5) is 2.34. The van der Waals surface area contributed by atoms with E-state index in [9.17, 15) is 5.11 Å². The zero-order valence-electron chi connectivity index (χ0n) is 20.3. The van der Waals surface area contributed by atoms with Crippen LogP contribution in [-0.4, -0.2) is 57.7 Å². The number of nitrogens with one attached hydrogen (secondary N) is 1. The third-order valence-electron chi connectivity index (χ3n) is 7.13. The summed E-state index contributed by atoms with van der Waals surface area (Å²) in [6.07, 6.45) is 0.692. The molecule has 5 nitrogen and oxygen atoms in total. The van der Waals surface area contributed by atoms with Gasteiger partial charge >= 0.3 is 0 Å². The third-order valence-corrected chi connectivity index (χ3v) is 7.13. The number of aliphatic hydroxyl groups excluding tert-OH is 1. The molecule has 34 heavy (non-hydrogen) atoms. The van der Waals surface area contributed by atoms with E-state index in [0.29, 0.717) is 13.0 Å². The molecule has 5 heteroatoms. The molecule has 1 aliphatic heterocycles. The molecule has 1 aliphatic rings. The highest BCUT2D eigenvalue weighted by atomic mass is 16.5. The lowest BCUT2D eigenvalue weighted by Crippen LogP contribution is -2.48. The maximum absolute atomic E-state index is 10.0. The van der Waals surface area contributed by atoms with E-state index in [1.54, 1.807) is 14.2 Å². The van der Waals surface area contributed by atoms with Gasteiger partial charge in [0, 0.05) is 50.7 Å². The van der Waals surface area contributed by atoms with E-state index >= 15 is 0 Å². The van der Waals surface area contributed by atoms with Gasteiger partial charge in [0.25, 0.3) is 0 Å². The van der Waals surface area contributed by atoms with E-state index < -0.39 is 0 Å². The summed E-state index contributed by atoms with van der Waals surface area (Å²) in [5, 5.41) is 14.0. The normalized spacial score (nSPS) is 22.1. The minimum absolute atomic E-state index is 0.0939. The highest BCUT2D eigenvalue weighted by Crippen LogP contribution is 2.42. The average Bonchev–Trinajstić information content (AvgIpc) is 3.22. The fourth-order valence-corrected chi connectivity index (χ4v) is 5.68. The summed E-state index contributed by atoms with van der Waals surface area (Å²) < 4.78 is 11.4. The number of nitrogens with zero attached hydrogens (tertiary/aromatic N) is 1. The summed E-state index contributed by atoms with van der Waals surface area (Å²) in [7, 11) is 5.60. The Bertz CT molecular complexity index is 975. The Morgan fingerprint density at radius 1 is 0.882 bits per heavy atom. The number of likely N-dealkylation sites (N-methyl/N-ethyl adjacent to an activating group) is 1. The first kappa shape index (κ1) is 24.3. The predicted molar refractivity (Wildman–Crippen MR) is 138 cm³/mol. The predicted octanol–water partition coefficient (Wildman–Crippen LogP) is 4.32. The van der Waals surface area contributed by atoms with Crippen LogP contribution in [0.4, 0.5) is 5.69 Å². The van der Waals surface area contributed by atoms with Gasteiger partial charge in [-0.15, -0.1) is 0 Å². The van der Waals surface area contributed by atoms with Crippen molar-refractivity contribution in [3.63, 3.8) is 0 Å². The Kier molecular flexibility index (Phi) is 8.22. The highest BCUT2D eigenvalue weighted by Gasteiger charge is 2.48. The van der Waals surface area contributed by atoms with Crippen molar-refractivity contribution in [1.82, 2.24) is 5.32 Å². The Morgan fingerprint density at radius 2 is 1.47 bits per heavy atom. The summed E-state index contributed by atoms with van der Waals surface area (Å²) in [5.74, 6) is 1.17. The van der Waals surface area contributed by atoms with E-state index in [2.05, 4.69) is 84.0 Å². The molecule has 0 aromatic heterocycles. The summed E-state index contributed by atoms with van der Waals surface area (Å²) in [5.41, 5.74) is 3.58. The maximum Gasteiger partial charge on any atom is 0.142 e. The lowest BCUT2D eigenvalue weighted by molar-refractivity contribution is 0.143. The van der Waals surface area contributed by atoms with Gasteiger partial charge in [0.15, 0.2) is 0 Å². The van der Waals surface area contributed by atoms with Crippen LogP contribution >= 0.6 is 0 Å². The first-order chi connectivity index (χ1) is 16.7. The van der Waals surface area contributed by atoms with Gasteiger partial charge in [0.2, 0.25) is 0 Å². The summed E-state index contributed by atoms with van der Waals surface area (Å²) in [6.45, 7) is 0.727. The molecule has 2 N–H and O–H groups in total. The molecule has 0 saturated carbocycles. The molecule has 0 bridgehead atoms. The van der Waals surface area contributed by atoms with Crippen LogP contribution in [0, 0.1) is 5.92 Å². The Hall–Kier alpha value is -2.86. The molecule has 3 aromatic rings. The van der Waals surface area contributed by atoms with Crippen molar-refractivity contribution >= 4 is 5.69 Å². The van der Waals surface area contributed by atoms with Crippen molar-refractivity contribution in [2.24, 2.45) is 5.92 Å². The first-order valence-corrected chi connectivity index (χ1v) is 12.0. The van der Waals surface area contributed by atoms with Gasteiger partial charge < -0.3 is 24.8 Å².